The number of rotatable bonds is 3. The molecule has 1 atom stereocenters. The van der Waals surface area contributed by atoms with Crippen molar-refractivity contribution in [2.24, 2.45) is 5.92 Å². The molecule has 1 aliphatic heterocycles. The van der Waals surface area contributed by atoms with Crippen LogP contribution in [0.3, 0.4) is 0 Å². The number of amides is 1. The number of halogens is 2. The second-order valence-electron chi connectivity index (χ2n) is 6.62. The van der Waals surface area contributed by atoms with Gasteiger partial charge in [-0.25, -0.2) is 9.78 Å². The van der Waals surface area contributed by atoms with E-state index in [1.54, 1.807) is 17.0 Å². The lowest BCUT2D eigenvalue weighted by atomic mass is 10.0. The van der Waals surface area contributed by atoms with Crippen molar-refractivity contribution in [1.29, 1.82) is 0 Å². The summed E-state index contributed by atoms with van der Waals surface area (Å²) in [6, 6.07) is 3.43. The molecule has 1 fully saturated rings. The number of aromatic nitrogens is 1. The standard InChI is InChI=1S/C16H22BrClN2O3/c1-16(2,3)23-15(21)20(9-11-5-4-8-22-10-11)13-7-6-12(18)14(17)19-13/h6-7,11H,4-5,8-10H2,1-3H3. The largest absolute Gasteiger partial charge is 0.443 e. The van der Waals surface area contributed by atoms with Gasteiger partial charge >= 0.3 is 6.09 Å². The lowest BCUT2D eigenvalue weighted by molar-refractivity contribution is 0.0464. The van der Waals surface area contributed by atoms with Gasteiger partial charge in [0.1, 0.15) is 16.0 Å². The number of pyridine rings is 1. The van der Waals surface area contributed by atoms with E-state index in [9.17, 15) is 4.79 Å². The fourth-order valence-corrected chi connectivity index (χ4v) is 2.77. The van der Waals surface area contributed by atoms with Gasteiger partial charge in [0.2, 0.25) is 0 Å². The molecule has 0 N–H and O–H groups in total. The number of carbonyl (C=O) groups excluding carboxylic acids is 1. The summed E-state index contributed by atoms with van der Waals surface area (Å²) in [4.78, 5) is 18.5. The van der Waals surface area contributed by atoms with Crippen LogP contribution in [-0.2, 0) is 9.47 Å². The highest BCUT2D eigenvalue weighted by atomic mass is 79.9. The van der Waals surface area contributed by atoms with Crippen LogP contribution in [0.25, 0.3) is 0 Å². The fraction of sp³-hybridized carbons (Fsp3) is 0.625. The maximum Gasteiger partial charge on any atom is 0.416 e. The maximum atomic E-state index is 12.6. The molecule has 23 heavy (non-hydrogen) atoms. The maximum absolute atomic E-state index is 12.6. The Kier molecular flexibility index (Phi) is 6.28. The molecular weight excluding hydrogens is 384 g/mol. The summed E-state index contributed by atoms with van der Waals surface area (Å²) in [5.41, 5.74) is -0.567. The van der Waals surface area contributed by atoms with Crippen LogP contribution < -0.4 is 4.90 Å². The summed E-state index contributed by atoms with van der Waals surface area (Å²) >= 11 is 9.30. The van der Waals surface area contributed by atoms with Crippen molar-refractivity contribution in [3.8, 4) is 0 Å². The molecule has 0 saturated carbocycles. The SMILES string of the molecule is CC(C)(C)OC(=O)N(CC1CCCOC1)c1ccc(Cl)c(Br)n1. The number of ether oxygens (including phenoxy) is 2. The van der Waals surface area contributed by atoms with E-state index in [1.807, 2.05) is 20.8 Å². The van der Waals surface area contributed by atoms with Crippen LogP contribution in [0.1, 0.15) is 33.6 Å². The van der Waals surface area contributed by atoms with Crippen LogP contribution in [-0.4, -0.2) is 36.4 Å². The Morgan fingerprint density at radius 3 is 2.83 bits per heavy atom. The summed E-state index contributed by atoms with van der Waals surface area (Å²) in [5, 5.41) is 0.499. The van der Waals surface area contributed by atoms with E-state index in [1.165, 1.54) is 0 Å². The summed E-state index contributed by atoms with van der Waals surface area (Å²) < 4.78 is 11.5. The lowest BCUT2D eigenvalue weighted by Gasteiger charge is -2.31. The second-order valence-corrected chi connectivity index (χ2v) is 7.77. The smallest absolute Gasteiger partial charge is 0.416 e. The summed E-state index contributed by atoms with van der Waals surface area (Å²) in [7, 11) is 0. The van der Waals surface area contributed by atoms with Gasteiger partial charge in [-0.05, 0) is 61.7 Å². The molecule has 1 saturated heterocycles. The number of nitrogens with zero attached hydrogens (tertiary/aromatic N) is 2. The first-order valence-corrected chi connectivity index (χ1v) is 8.83. The number of anilines is 1. The van der Waals surface area contributed by atoms with E-state index < -0.39 is 11.7 Å². The van der Waals surface area contributed by atoms with Crippen LogP contribution in [0.4, 0.5) is 10.6 Å². The zero-order valence-corrected chi connectivity index (χ0v) is 16.0. The van der Waals surface area contributed by atoms with E-state index >= 15 is 0 Å². The predicted octanol–water partition coefficient (Wildman–Crippen LogP) is 4.67. The zero-order valence-electron chi connectivity index (χ0n) is 13.6. The van der Waals surface area contributed by atoms with E-state index in [2.05, 4.69) is 20.9 Å². The number of hydrogen-bond donors (Lipinski definition) is 0. The Morgan fingerprint density at radius 2 is 2.26 bits per heavy atom. The number of carbonyl (C=O) groups is 1. The van der Waals surface area contributed by atoms with Gasteiger partial charge in [0.25, 0.3) is 0 Å². The third kappa shape index (κ3) is 5.62. The first-order valence-electron chi connectivity index (χ1n) is 7.66. The van der Waals surface area contributed by atoms with Crippen molar-refractivity contribution >= 4 is 39.4 Å². The van der Waals surface area contributed by atoms with E-state index in [-0.39, 0.29) is 5.92 Å². The topological polar surface area (TPSA) is 51.7 Å². The van der Waals surface area contributed by atoms with Gasteiger partial charge in [0.15, 0.2) is 0 Å². The Labute approximate surface area is 150 Å². The Bertz CT molecular complexity index is 557. The molecule has 1 aromatic rings. The molecule has 2 heterocycles. The van der Waals surface area contributed by atoms with E-state index in [4.69, 9.17) is 21.1 Å². The minimum absolute atomic E-state index is 0.271. The van der Waals surface area contributed by atoms with Gasteiger partial charge in [-0.3, -0.25) is 4.90 Å². The molecular formula is C16H22BrClN2O3. The molecule has 0 bridgehead atoms. The average molecular weight is 406 g/mol. The van der Waals surface area contributed by atoms with Crippen molar-refractivity contribution in [1.82, 2.24) is 4.98 Å². The number of hydrogen-bond acceptors (Lipinski definition) is 4. The summed E-state index contributed by atoms with van der Waals surface area (Å²) in [6.07, 6.45) is 1.61. The molecule has 128 valence electrons. The summed E-state index contributed by atoms with van der Waals surface area (Å²) in [6.45, 7) is 7.48. The van der Waals surface area contributed by atoms with Crippen molar-refractivity contribution in [3.05, 3.63) is 21.8 Å². The fourth-order valence-electron chi connectivity index (χ4n) is 2.35. The monoisotopic (exact) mass is 404 g/mol. The molecule has 1 aliphatic rings. The minimum Gasteiger partial charge on any atom is -0.443 e. The van der Waals surface area contributed by atoms with Crippen molar-refractivity contribution in [2.75, 3.05) is 24.7 Å². The molecule has 1 unspecified atom stereocenters. The van der Waals surface area contributed by atoms with Crippen LogP contribution in [0.15, 0.2) is 16.7 Å². The van der Waals surface area contributed by atoms with Gasteiger partial charge in [0, 0.05) is 19.1 Å². The Balaban J connectivity index is 2.22. The highest BCUT2D eigenvalue weighted by molar-refractivity contribution is 9.10. The summed E-state index contributed by atoms with van der Waals surface area (Å²) in [5.74, 6) is 0.786. The normalized spacial score (nSPS) is 18.6. The molecule has 1 amide bonds. The minimum atomic E-state index is -0.567. The Hall–Kier alpha value is -0.850. The lowest BCUT2D eigenvalue weighted by Crippen LogP contribution is -2.41. The van der Waals surface area contributed by atoms with Crippen LogP contribution in [0.2, 0.25) is 5.02 Å². The Morgan fingerprint density at radius 1 is 1.52 bits per heavy atom. The van der Waals surface area contributed by atoms with Crippen LogP contribution >= 0.6 is 27.5 Å². The van der Waals surface area contributed by atoms with Crippen LogP contribution in [0, 0.1) is 5.92 Å². The highest BCUT2D eigenvalue weighted by Crippen LogP contribution is 2.26. The van der Waals surface area contributed by atoms with Gasteiger partial charge in [-0.2, -0.15) is 0 Å². The third-order valence-electron chi connectivity index (χ3n) is 3.37. The second kappa shape index (κ2) is 7.81. The molecule has 0 aromatic carbocycles. The van der Waals surface area contributed by atoms with Gasteiger partial charge in [-0.1, -0.05) is 11.6 Å². The predicted molar refractivity (Wildman–Crippen MR) is 94.1 cm³/mol. The molecule has 7 heteroatoms. The molecule has 2 rings (SSSR count). The highest BCUT2D eigenvalue weighted by Gasteiger charge is 2.28. The molecule has 0 spiro atoms. The van der Waals surface area contributed by atoms with E-state index in [0.29, 0.717) is 28.6 Å². The van der Waals surface area contributed by atoms with Crippen molar-refractivity contribution in [2.45, 2.75) is 39.2 Å². The molecule has 0 aliphatic carbocycles. The van der Waals surface area contributed by atoms with Crippen LogP contribution in [0.5, 0.6) is 0 Å². The van der Waals surface area contributed by atoms with Crippen molar-refractivity contribution < 1.29 is 14.3 Å². The van der Waals surface area contributed by atoms with Gasteiger partial charge in [0.05, 0.1) is 11.6 Å². The van der Waals surface area contributed by atoms with Gasteiger partial charge < -0.3 is 9.47 Å². The molecule has 5 nitrogen and oxygen atoms in total. The molecule has 1 aromatic heterocycles. The first kappa shape index (κ1) is 18.5. The van der Waals surface area contributed by atoms with Gasteiger partial charge in [-0.15, -0.1) is 0 Å². The third-order valence-corrected chi connectivity index (χ3v) is 4.51. The van der Waals surface area contributed by atoms with E-state index in [0.717, 1.165) is 19.4 Å². The average Bonchev–Trinajstić information content (AvgIpc) is 2.47. The zero-order chi connectivity index (χ0) is 17.0. The quantitative estimate of drug-likeness (QED) is 0.686. The first-order chi connectivity index (χ1) is 10.8. The molecule has 0 radical (unpaired) electrons. The van der Waals surface area contributed by atoms with Crippen molar-refractivity contribution in [3.63, 3.8) is 0 Å².